The van der Waals surface area contributed by atoms with Crippen LogP contribution in [0.25, 0.3) is 0 Å². The third-order valence-corrected chi connectivity index (χ3v) is 6.19. The lowest BCUT2D eigenvalue weighted by Crippen LogP contribution is -2.42. The summed E-state index contributed by atoms with van der Waals surface area (Å²) in [6, 6.07) is 7.51. The molecule has 1 atom stereocenters. The van der Waals surface area contributed by atoms with Crippen molar-refractivity contribution in [3.05, 3.63) is 48.3 Å². The van der Waals surface area contributed by atoms with Gasteiger partial charge in [-0.05, 0) is 30.7 Å². The standard InChI is InChI=1S/C18H19N3O6S/c1-2-20-17(22)18(23)21-10-16(12-4-3-7-19-9-12)28(24,25)13-5-6-14-15(8-13)27-11-26-14/h3-9,16H,2,10-11H2,1H3,(H,20,22)(H,21,23)/t16-/m0/s1. The van der Waals surface area contributed by atoms with Crippen LogP contribution in [0, 0.1) is 0 Å². The van der Waals surface area contributed by atoms with Crippen molar-refractivity contribution >= 4 is 21.7 Å². The van der Waals surface area contributed by atoms with Gasteiger partial charge in [0, 0.05) is 31.5 Å². The fraction of sp³-hybridized carbons (Fsp3) is 0.278. The molecule has 10 heteroatoms. The molecular weight excluding hydrogens is 386 g/mol. The minimum Gasteiger partial charge on any atom is -0.454 e. The van der Waals surface area contributed by atoms with E-state index in [1.165, 1.54) is 30.6 Å². The largest absolute Gasteiger partial charge is 0.454 e. The van der Waals surface area contributed by atoms with Crippen LogP contribution < -0.4 is 20.1 Å². The zero-order valence-electron chi connectivity index (χ0n) is 15.0. The van der Waals surface area contributed by atoms with Gasteiger partial charge in [0.15, 0.2) is 21.3 Å². The van der Waals surface area contributed by atoms with Gasteiger partial charge in [0.05, 0.1) is 4.90 Å². The molecule has 2 N–H and O–H groups in total. The number of fused-ring (bicyclic) bond motifs is 1. The van der Waals surface area contributed by atoms with Crippen molar-refractivity contribution in [2.75, 3.05) is 19.9 Å². The van der Waals surface area contributed by atoms with Crippen LogP contribution in [0.5, 0.6) is 11.5 Å². The number of ether oxygens (including phenoxy) is 2. The molecule has 0 fully saturated rings. The molecule has 28 heavy (non-hydrogen) atoms. The molecule has 0 aliphatic carbocycles. The number of benzene rings is 1. The fourth-order valence-electron chi connectivity index (χ4n) is 2.70. The Labute approximate surface area is 162 Å². The number of aromatic nitrogens is 1. The molecule has 9 nitrogen and oxygen atoms in total. The Kier molecular flexibility index (Phi) is 5.78. The highest BCUT2D eigenvalue weighted by molar-refractivity contribution is 7.91. The average Bonchev–Trinajstić information content (AvgIpc) is 3.16. The number of amides is 2. The van der Waals surface area contributed by atoms with Gasteiger partial charge in [-0.15, -0.1) is 0 Å². The summed E-state index contributed by atoms with van der Waals surface area (Å²) >= 11 is 0. The van der Waals surface area contributed by atoms with Gasteiger partial charge in [-0.1, -0.05) is 6.07 Å². The van der Waals surface area contributed by atoms with Crippen molar-refractivity contribution < 1.29 is 27.5 Å². The van der Waals surface area contributed by atoms with E-state index in [4.69, 9.17) is 9.47 Å². The summed E-state index contributed by atoms with van der Waals surface area (Å²) in [5.74, 6) is -0.941. The number of hydrogen-bond acceptors (Lipinski definition) is 7. The Morgan fingerprint density at radius 3 is 2.61 bits per heavy atom. The van der Waals surface area contributed by atoms with E-state index in [1.54, 1.807) is 19.1 Å². The van der Waals surface area contributed by atoms with Crippen molar-refractivity contribution in [2.24, 2.45) is 0 Å². The first-order chi connectivity index (χ1) is 13.4. The monoisotopic (exact) mass is 405 g/mol. The normalized spacial score (nSPS) is 13.6. The van der Waals surface area contributed by atoms with Gasteiger partial charge in [-0.2, -0.15) is 0 Å². The molecule has 0 spiro atoms. The van der Waals surface area contributed by atoms with Gasteiger partial charge in [-0.3, -0.25) is 14.6 Å². The second-order valence-electron chi connectivity index (χ2n) is 5.90. The van der Waals surface area contributed by atoms with E-state index < -0.39 is 26.9 Å². The number of carbonyl (C=O) groups excluding carboxylic acids is 2. The summed E-state index contributed by atoms with van der Waals surface area (Å²) in [5.41, 5.74) is 0.386. The molecule has 1 aliphatic rings. The van der Waals surface area contributed by atoms with Gasteiger partial charge < -0.3 is 20.1 Å². The van der Waals surface area contributed by atoms with Crippen molar-refractivity contribution in [2.45, 2.75) is 17.1 Å². The Morgan fingerprint density at radius 1 is 1.14 bits per heavy atom. The molecule has 3 rings (SSSR count). The van der Waals surface area contributed by atoms with E-state index in [0.717, 1.165) is 0 Å². The molecule has 1 aromatic carbocycles. The summed E-state index contributed by atoms with van der Waals surface area (Å²) in [6.45, 7) is 1.69. The minimum absolute atomic E-state index is 0.0119. The molecule has 2 amide bonds. The predicted octanol–water partition coefficient (Wildman–Crippen LogP) is 0.578. The quantitative estimate of drug-likeness (QED) is 0.674. The lowest BCUT2D eigenvalue weighted by atomic mass is 10.2. The van der Waals surface area contributed by atoms with Crippen LogP contribution in [0.4, 0.5) is 0 Å². The highest BCUT2D eigenvalue weighted by Gasteiger charge is 2.32. The molecule has 0 radical (unpaired) electrons. The number of sulfone groups is 1. The number of nitrogens with one attached hydrogen (secondary N) is 2. The number of nitrogens with zero attached hydrogens (tertiary/aromatic N) is 1. The molecule has 0 saturated heterocycles. The lowest BCUT2D eigenvalue weighted by molar-refractivity contribution is -0.139. The topological polar surface area (TPSA) is 124 Å². The Balaban J connectivity index is 1.90. The number of hydrogen-bond donors (Lipinski definition) is 2. The maximum atomic E-state index is 13.3. The summed E-state index contributed by atoms with van der Waals surface area (Å²) in [4.78, 5) is 27.5. The van der Waals surface area contributed by atoms with Crippen LogP contribution in [0.1, 0.15) is 17.7 Å². The first kappa shape index (κ1) is 19.6. The summed E-state index contributed by atoms with van der Waals surface area (Å²) < 4.78 is 37.0. The van der Waals surface area contributed by atoms with Crippen LogP contribution in [-0.2, 0) is 19.4 Å². The molecule has 1 aliphatic heterocycles. The molecule has 0 saturated carbocycles. The summed E-state index contributed by atoms with van der Waals surface area (Å²) in [5, 5.41) is 3.61. The summed E-state index contributed by atoms with van der Waals surface area (Å²) in [6.07, 6.45) is 2.93. The van der Waals surface area contributed by atoms with Crippen LogP contribution >= 0.6 is 0 Å². The second-order valence-corrected chi connectivity index (χ2v) is 8.04. The molecule has 0 unspecified atom stereocenters. The Morgan fingerprint density at radius 2 is 1.89 bits per heavy atom. The van der Waals surface area contributed by atoms with Gasteiger partial charge in [0.1, 0.15) is 5.25 Å². The van der Waals surface area contributed by atoms with E-state index in [2.05, 4.69) is 15.6 Å². The van der Waals surface area contributed by atoms with Gasteiger partial charge in [0.25, 0.3) is 0 Å². The third kappa shape index (κ3) is 4.06. The zero-order valence-corrected chi connectivity index (χ0v) is 15.9. The zero-order chi connectivity index (χ0) is 20.1. The van der Waals surface area contributed by atoms with Crippen molar-refractivity contribution in [1.29, 1.82) is 0 Å². The number of carbonyl (C=O) groups is 2. The number of likely N-dealkylation sites (N-methyl/N-ethyl adjacent to an activating group) is 1. The highest BCUT2D eigenvalue weighted by atomic mass is 32.2. The molecule has 1 aromatic heterocycles. The number of rotatable bonds is 6. The highest BCUT2D eigenvalue weighted by Crippen LogP contribution is 2.37. The Bertz CT molecular complexity index is 978. The second kappa shape index (κ2) is 8.26. The third-order valence-electron chi connectivity index (χ3n) is 4.09. The van der Waals surface area contributed by atoms with Gasteiger partial charge in [-0.25, -0.2) is 8.42 Å². The van der Waals surface area contributed by atoms with Crippen molar-refractivity contribution in [3.63, 3.8) is 0 Å². The van der Waals surface area contributed by atoms with Gasteiger partial charge in [0.2, 0.25) is 6.79 Å². The van der Waals surface area contributed by atoms with E-state index in [0.29, 0.717) is 17.1 Å². The van der Waals surface area contributed by atoms with Crippen LogP contribution in [0.2, 0.25) is 0 Å². The Hall–Kier alpha value is -3.14. The molecule has 2 heterocycles. The maximum Gasteiger partial charge on any atom is 0.309 e. The van der Waals surface area contributed by atoms with Crippen molar-refractivity contribution in [3.8, 4) is 11.5 Å². The van der Waals surface area contributed by atoms with Crippen LogP contribution in [0.3, 0.4) is 0 Å². The van der Waals surface area contributed by atoms with Gasteiger partial charge >= 0.3 is 11.8 Å². The SMILES string of the molecule is CCNC(=O)C(=O)NC[C@@H](c1cccnc1)S(=O)(=O)c1ccc2c(c1)OCO2. The average molecular weight is 405 g/mol. The van der Waals surface area contributed by atoms with E-state index >= 15 is 0 Å². The van der Waals surface area contributed by atoms with Crippen LogP contribution in [-0.4, -0.2) is 45.1 Å². The van der Waals surface area contributed by atoms with Crippen LogP contribution in [0.15, 0.2) is 47.6 Å². The first-order valence-corrected chi connectivity index (χ1v) is 10.1. The fourth-order valence-corrected chi connectivity index (χ4v) is 4.36. The smallest absolute Gasteiger partial charge is 0.309 e. The summed E-state index contributed by atoms with van der Waals surface area (Å²) in [7, 11) is -3.93. The number of pyridine rings is 1. The molecule has 2 aromatic rings. The molecular formula is C18H19N3O6S. The van der Waals surface area contributed by atoms with E-state index in [9.17, 15) is 18.0 Å². The maximum absolute atomic E-state index is 13.3. The van der Waals surface area contributed by atoms with E-state index in [1.807, 2.05) is 0 Å². The lowest BCUT2D eigenvalue weighted by Gasteiger charge is -2.19. The predicted molar refractivity (Wildman–Crippen MR) is 98.4 cm³/mol. The first-order valence-electron chi connectivity index (χ1n) is 8.53. The molecule has 0 bridgehead atoms. The molecule has 148 valence electrons. The van der Waals surface area contributed by atoms with E-state index in [-0.39, 0.29) is 24.8 Å². The minimum atomic E-state index is -3.93. The van der Waals surface area contributed by atoms with Crippen molar-refractivity contribution in [1.82, 2.24) is 15.6 Å².